The lowest BCUT2D eigenvalue weighted by molar-refractivity contribution is -0.134. The summed E-state index contributed by atoms with van der Waals surface area (Å²) in [5.41, 5.74) is 4.08. The van der Waals surface area contributed by atoms with E-state index in [1.807, 2.05) is 0 Å². The van der Waals surface area contributed by atoms with Crippen molar-refractivity contribution in [1.82, 2.24) is 15.5 Å². The van der Waals surface area contributed by atoms with Gasteiger partial charge < -0.3 is 10.6 Å². The molecule has 0 aliphatic carbocycles. The number of urea groups is 1. The number of carbonyl (C=O) groups is 3. The summed E-state index contributed by atoms with van der Waals surface area (Å²) in [6.45, 7) is 14.2. The van der Waals surface area contributed by atoms with Gasteiger partial charge in [-0.25, -0.2) is 4.79 Å². The first kappa shape index (κ1) is 20.9. The average Bonchev–Trinajstić information content (AvgIpc) is 2.70. The highest BCUT2D eigenvalue weighted by Gasteiger charge is 2.44. The van der Waals surface area contributed by atoms with E-state index in [4.69, 9.17) is 0 Å². The van der Waals surface area contributed by atoms with Crippen LogP contribution in [0.15, 0.2) is 12.1 Å². The Morgan fingerprint density at radius 1 is 1.15 bits per heavy atom. The number of rotatable bonds is 5. The van der Waals surface area contributed by atoms with Crippen molar-refractivity contribution in [2.75, 3.05) is 13.1 Å². The van der Waals surface area contributed by atoms with Gasteiger partial charge in [0.25, 0.3) is 5.91 Å². The number of carbonyl (C=O) groups excluding carboxylic acids is 3. The summed E-state index contributed by atoms with van der Waals surface area (Å²) in [5.74, 6) is -0.718. The number of nitrogens with zero attached hydrogens (tertiary/aromatic N) is 1. The van der Waals surface area contributed by atoms with Gasteiger partial charge in [-0.1, -0.05) is 32.9 Å². The van der Waals surface area contributed by atoms with Gasteiger partial charge in [-0.05, 0) is 61.8 Å². The molecular weight excluding hydrogens is 342 g/mol. The lowest BCUT2D eigenvalue weighted by atomic mass is 9.83. The topological polar surface area (TPSA) is 78.5 Å². The van der Waals surface area contributed by atoms with Gasteiger partial charge >= 0.3 is 6.03 Å². The van der Waals surface area contributed by atoms with Crippen molar-refractivity contribution in [1.29, 1.82) is 0 Å². The predicted octanol–water partition coefficient (Wildman–Crippen LogP) is 2.59. The van der Waals surface area contributed by atoms with E-state index in [-0.39, 0.29) is 23.8 Å². The fraction of sp³-hybridized carbons (Fsp3) is 0.571. The number of imide groups is 1. The van der Waals surface area contributed by atoms with Crippen LogP contribution in [-0.4, -0.2) is 41.4 Å². The molecule has 1 fully saturated rings. The second kappa shape index (κ2) is 7.33. The molecule has 1 aromatic carbocycles. The van der Waals surface area contributed by atoms with Gasteiger partial charge in [0.05, 0.1) is 0 Å². The molecule has 0 saturated carbocycles. The molecule has 0 radical (unpaired) electrons. The van der Waals surface area contributed by atoms with Crippen LogP contribution in [0.25, 0.3) is 0 Å². The zero-order valence-corrected chi connectivity index (χ0v) is 17.4. The highest BCUT2D eigenvalue weighted by Crippen LogP contribution is 2.27. The molecular formula is C21H31N3O3. The van der Waals surface area contributed by atoms with Crippen molar-refractivity contribution >= 4 is 17.8 Å². The van der Waals surface area contributed by atoms with Crippen molar-refractivity contribution in [3.05, 3.63) is 34.4 Å². The van der Waals surface area contributed by atoms with E-state index in [1.165, 1.54) is 22.3 Å². The summed E-state index contributed by atoms with van der Waals surface area (Å²) < 4.78 is 0. The van der Waals surface area contributed by atoms with E-state index >= 15 is 0 Å². The lowest BCUT2D eigenvalue weighted by Gasteiger charge is -2.22. The van der Waals surface area contributed by atoms with E-state index in [0.29, 0.717) is 13.0 Å². The first-order valence-electron chi connectivity index (χ1n) is 9.34. The third kappa shape index (κ3) is 4.67. The molecule has 1 aliphatic heterocycles. The summed E-state index contributed by atoms with van der Waals surface area (Å²) in [6.07, 6.45) is 0.708. The van der Waals surface area contributed by atoms with Crippen molar-refractivity contribution in [2.24, 2.45) is 0 Å². The van der Waals surface area contributed by atoms with Gasteiger partial charge in [-0.2, -0.15) is 0 Å². The molecule has 1 saturated heterocycles. The number of hydrogen-bond donors (Lipinski definition) is 2. The van der Waals surface area contributed by atoms with Crippen LogP contribution in [0.3, 0.4) is 0 Å². The van der Waals surface area contributed by atoms with E-state index in [9.17, 15) is 14.4 Å². The zero-order chi connectivity index (χ0) is 20.6. The quantitative estimate of drug-likeness (QED) is 0.779. The van der Waals surface area contributed by atoms with Crippen molar-refractivity contribution in [2.45, 2.75) is 65.8 Å². The van der Waals surface area contributed by atoms with Crippen LogP contribution in [0.4, 0.5) is 4.79 Å². The molecule has 0 atom stereocenters. The molecule has 4 amide bonds. The van der Waals surface area contributed by atoms with Crippen LogP contribution in [0, 0.1) is 13.8 Å². The maximum Gasteiger partial charge on any atom is 0.325 e. The molecule has 6 nitrogen and oxygen atoms in total. The molecule has 1 heterocycles. The molecule has 1 aromatic rings. The minimum atomic E-state index is -0.958. The smallest absolute Gasteiger partial charge is 0.325 e. The van der Waals surface area contributed by atoms with Gasteiger partial charge in [0.1, 0.15) is 12.1 Å². The Hall–Kier alpha value is -2.37. The minimum absolute atomic E-state index is 0.0961. The summed E-state index contributed by atoms with van der Waals surface area (Å²) in [5, 5.41) is 5.38. The summed E-state index contributed by atoms with van der Waals surface area (Å²) in [6, 6.07) is 3.89. The molecule has 27 heavy (non-hydrogen) atoms. The number of benzene rings is 1. The Labute approximate surface area is 161 Å². The monoisotopic (exact) mass is 373 g/mol. The molecule has 1 aliphatic rings. The standard InChI is InChI=1S/C21H31N3O3/c1-13-10-15(20(3,4)5)11-14(2)16(13)8-9-22-17(25)12-24-18(26)21(6,7)23-19(24)27/h10-11H,8-9,12H2,1-7H3,(H,22,25)(H,23,27). The van der Waals surface area contributed by atoms with Gasteiger partial charge in [0.2, 0.25) is 5.91 Å². The van der Waals surface area contributed by atoms with Gasteiger partial charge in [-0.15, -0.1) is 0 Å². The van der Waals surface area contributed by atoms with E-state index < -0.39 is 11.6 Å². The number of hydrogen-bond acceptors (Lipinski definition) is 3. The van der Waals surface area contributed by atoms with Crippen LogP contribution in [0.5, 0.6) is 0 Å². The highest BCUT2D eigenvalue weighted by atomic mass is 16.2. The number of nitrogens with one attached hydrogen (secondary N) is 2. The molecule has 148 valence electrons. The Morgan fingerprint density at radius 3 is 2.15 bits per heavy atom. The zero-order valence-electron chi connectivity index (χ0n) is 17.4. The van der Waals surface area contributed by atoms with Crippen LogP contribution in [0.1, 0.15) is 56.9 Å². The Morgan fingerprint density at radius 2 is 1.70 bits per heavy atom. The molecule has 0 unspecified atom stereocenters. The average molecular weight is 373 g/mol. The number of aryl methyl sites for hydroxylation is 2. The maximum absolute atomic E-state index is 12.2. The van der Waals surface area contributed by atoms with Crippen LogP contribution in [0.2, 0.25) is 0 Å². The van der Waals surface area contributed by atoms with Gasteiger partial charge in [-0.3, -0.25) is 14.5 Å². The lowest BCUT2D eigenvalue weighted by Crippen LogP contribution is -2.43. The van der Waals surface area contributed by atoms with Crippen LogP contribution < -0.4 is 10.6 Å². The van der Waals surface area contributed by atoms with Crippen molar-refractivity contribution < 1.29 is 14.4 Å². The van der Waals surface area contributed by atoms with Gasteiger partial charge in [0, 0.05) is 6.54 Å². The minimum Gasteiger partial charge on any atom is -0.354 e. The molecule has 0 aromatic heterocycles. The molecule has 2 N–H and O–H groups in total. The van der Waals surface area contributed by atoms with Crippen LogP contribution in [-0.2, 0) is 21.4 Å². The fourth-order valence-electron chi connectivity index (χ4n) is 3.31. The molecule has 0 bridgehead atoms. The SMILES string of the molecule is Cc1cc(C(C)(C)C)cc(C)c1CCNC(=O)CN1C(=O)NC(C)(C)C1=O. The van der Waals surface area contributed by atoms with E-state index in [1.54, 1.807) is 13.8 Å². The fourth-order valence-corrected chi connectivity index (χ4v) is 3.31. The van der Waals surface area contributed by atoms with Crippen molar-refractivity contribution in [3.63, 3.8) is 0 Å². The Bertz CT molecular complexity index is 752. The third-order valence-corrected chi connectivity index (χ3v) is 5.01. The molecule has 0 spiro atoms. The number of amides is 4. The predicted molar refractivity (Wildman–Crippen MR) is 106 cm³/mol. The normalized spacial score (nSPS) is 16.5. The Balaban J connectivity index is 1.94. The second-order valence-corrected chi connectivity index (χ2v) is 8.88. The van der Waals surface area contributed by atoms with E-state index in [0.717, 1.165) is 4.90 Å². The van der Waals surface area contributed by atoms with Crippen molar-refractivity contribution in [3.8, 4) is 0 Å². The third-order valence-electron chi connectivity index (χ3n) is 5.01. The van der Waals surface area contributed by atoms with E-state index in [2.05, 4.69) is 57.4 Å². The highest BCUT2D eigenvalue weighted by molar-refractivity contribution is 6.08. The summed E-state index contributed by atoms with van der Waals surface area (Å²) in [4.78, 5) is 37.1. The molecule has 6 heteroatoms. The summed E-state index contributed by atoms with van der Waals surface area (Å²) >= 11 is 0. The first-order valence-corrected chi connectivity index (χ1v) is 9.34. The second-order valence-electron chi connectivity index (χ2n) is 8.88. The molecule has 2 rings (SSSR count). The largest absolute Gasteiger partial charge is 0.354 e. The summed E-state index contributed by atoms with van der Waals surface area (Å²) in [7, 11) is 0. The Kier molecular flexibility index (Phi) is 5.68. The van der Waals surface area contributed by atoms with Crippen LogP contribution >= 0.6 is 0 Å². The first-order chi connectivity index (χ1) is 12.3. The van der Waals surface area contributed by atoms with Gasteiger partial charge in [0.15, 0.2) is 0 Å². The maximum atomic E-state index is 12.2.